The minimum Gasteiger partial charge on any atom is -0.508 e. The van der Waals surface area contributed by atoms with Crippen molar-refractivity contribution in [2.24, 2.45) is 5.92 Å². The van der Waals surface area contributed by atoms with Gasteiger partial charge in [0.2, 0.25) is 0 Å². The molecule has 4 atom stereocenters. The summed E-state index contributed by atoms with van der Waals surface area (Å²) in [6.07, 6.45) is 2.59. The largest absolute Gasteiger partial charge is 0.508 e. The lowest BCUT2D eigenvalue weighted by Crippen LogP contribution is -2.56. The number of hydrogen-bond donors (Lipinski definition) is 6. The molecule has 8 rings (SSSR count). The molecule has 45 heavy (non-hydrogen) atoms. The fraction of sp³-hybridized carbons (Fsp3) is 0.171. The first-order chi connectivity index (χ1) is 21.5. The van der Waals surface area contributed by atoms with Gasteiger partial charge in [-0.3, -0.25) is 4.79 Å². The first-order valence-electron chi connectivity index (χ1n) is 14.3. The molecule has 0 fully saturated rings. The number of phenolic OH excluding ortho intramolecular Hbond substituents is 6. The summed E-state index contributed by atoms with van der Waals surface area (Å²) in [6.45, 7) is 1.98. The number of aromatic hydroxyl groups is 6. The lowest BCUT2D eigenvalue weighted by molar-refractivity contribution is -0.198. The van der Waals surface area contributed by atoms with Crippen molar-refractivity contribution in [3.63, 3.8) is 0 Å². The van der Waals surface area contributed by atoms with Crippen LogP contribution in [0.2, 0.25) is 0 Å². The van der Waals surface area contributed by atoms with E-state index in [1.54, 1.807) is 12.1 Å². The normalized spacial score (nSPS) is 22.8. The third-order valence-corrected chi connectivity index (χ3v) is 9.12. The molecule has 10 heteroatoms. The van der Waals surface area contributed by atoms with Gasteiger partial charge in [-0.15, -0.1) is 0 Å². The maximum Gasteiger partial charge on any atom is 0.285 e. The van der Waals surface area contributed by atoms with Crippen molar-refractivity contribution < 1.29 is 44.5 Å². The molecule has 0 unspecified atom stereocenters. The Morgan fingerprint density at radius 1 is 0.778 bits per heavy atom. The fourth-order valence-corrected chi connectivity index (χ4v) is 7.34. The maximum absolute atomic E-state index is 13.5. The van der Waals surface area contributed by atoms with Gasteiger partial charge in [-0.1, -0.05) is 17.7 Å². The first kappa shape index (κ1) is 26.8. The van der Waals surface area contributed by atoms with Gasteiger partial charge in [0.15, 0.2) is 5.43 Å². The molecule has 0 radical (unpaired) electrons. The number of ether oxygens (including phenoxy) is 2. The molecule has 0 spiro atoms. The highest BCUT2D eigenvalue weighted by molar-refractivity contribution is 5.89. The number of allylic oxidation sites excluding steroid dienone is 2. The summed E-state index contributed by atoms with van der Waals surface area (Å²) in [5.74, 6) is -3.90. The van der Waals surface area contributed by atoms with Gasteiger partial charge in [0, 0.05) is 47.7 Å². The van der Waals surface area contributed by atoms with E-state index in [1.165, 1.54) is 48.5 Å². The molecule has 1 aliphatic carbocycles. The molecule has 0 saturated carbocycles. The van der Waals surface area contributed by atoms with Crippen LogP contribution in [0.25, 0.3) is 22.3 Å². The summed E-state index contributed by atoms with van der Waals surface area (Å²) in [4.78, 5) is 13.5. The van der Waals surface area contributed by atoms with E-state index in [-0.39, 0.29) is 74.0 Å². The Labute approximate surface area is 254 Å². The summed E-state index contributed by atoms with van der Waals surface area (Å²) in [6, 6.07) is 15.4. The lowest BCUT2D eigenvalue weighted by atomic mass is 9.61. The van der Waals surface area contributed by atoms with Gasteiger partial charge in [0.25, 0.3) is 5.79 Å². The number of rotatable bonds is 2. The molecule has 6 N–H and O–H groups in total. The van der Waals surface area contributed by atoms with E-state index in [1.807, 2.05) is 13.0 Å². The van der Waals surface area contributed by atoms with Crippen LogP contribution in [0.3, 0.4) is 0 Å². The topological polar surface area (TPSA) is 170 Å². The monoisotopic (exact) mass is 606 g/mol. The number of hydrogen-bond acceptors (Lipinski definition) is 10. The molecule has 3 aliphatic rings. The van der Waals surface area contributed by atoms with Crippen molar-refractivity contribution in [1.82, 2.24) is 0 Å². The van der Waals surface area contributed by atoms with Crippen LogP contribution in [0.15, 0.2) is 87.6 Å². The van der Waals surface area contributed by atoms with Crippen LogP contribution in [-0.4, -0.2) is 30.6 Å². The van der Waals surface area contributed by atoms with E-state index in [4.69, 9.17) is 13.9 Å². The predicted octanol–water partition coefficient (Wildman–Crippen LogP) is 6.17. The minimum atomic E-state index is -1.70. The predicted molar refractivity (Wildman–Crippen MR) is 161 cm³/mol. The van der Waals surface area contributed by atoms with Crippen LogP contribution < -0.4 is 14.9 Å². The van der Waals surface area contributed by atoms with Gasteiger partial charge in [0.1, 0.15) is 62.7 Å². The Hall–Kier alpha value is -5.77. The number of fused-ring (bicyclic) bond motifs is 5. The van der Waals surface area contributed by atoms with Crippen LogP contribution >= 0.6 is 0 Å². The second-order valence-corrected chi connectivity index (χ2v) is 11.9. The quantitative estimate of drug-likeness (QED) is 0.128. The highest BCUT2D eigenvalue weighted by Gasteiger charge is 2.62. The molecule has 0 saturated heterocycles. The molecule has 10 nitrogen and oxygen atoms in total. The number of phenols is 6. The van der Waals surface area contributed by atoms with E-state index < -0.39 is 23.1 Å². The zero-order chi connectivity index (χ0) is 31.4. The van der Waals surface area contributed by atoms with E-state index in [9.17, 15) is 35.4 Å². The average Bonchev–Trinajstić information content (AvgIpc) is 2.96. The van der Waals surface area contributed by atoms with Crippen molar-refractivity contribution in [2.45, 2.75) is 31.0 Å². The van der Waals surface area contributed by atoms with Crippen molar-refractivity contribution in [3.05, 3.63) is 105 Å². The zero-order valence-electron chi connectivity index (χ0n) is 23.7. The van der Waals surface area contributed by atoms with Crippen LogP contribution in [0.1, 0.15) is 41.9 Å². The fourth-order valence-electron chi connectivity index (χ4n) is 7.34. The highest BCUT2D eigenvalue weighted by atomic mass is 16.7. The Bertz CT molecular complexity index is 2180. The maximum atomic E-state index is 13.5. The zero-order valence-corrected chi connectivity index (χ0v) is 23.7. The van der Waals surface area contributed by atoms with Crippen molar-refractivity contribution in [2.75, 3.05) is 0 Å². The summed E-state index contributed by atoms with van der Waals surface area (Å²) in [5, 5.41) is 63.6. The summed E-state index contributed by atoms with van der Waals surface area (Å²) in [7, 11) is 0. The first-order valence-corrected chi connectivity index (χ1v) is 14.3. The average molecular weight is 607 g/mol. The molecule has 0 amide bonds. The number of benzene rings is 4. The summed E-state index contributed by atoms with van der Waals surface area (Å²) < 4.78 is 19.4. The molecular formula is C35H26O10. The van der Waals surface area contributed by atoms with Gasteiger partial charge >= 0.3 is 0 Å². The van der Waals surface area contributed by atoms with Gasteiger partial charge in [-0.25, -0.2) is 0 Å². The van der Waals surface area contributed by atoms with Crippen molar-refractivity contribution in [3.8, 4) is 57.3 Å². The molecule has 2 aliphatic heterocycles. The van der Waals surface area contributed by atoms with Crippen LogP contribution in [0.5, 0.6) is 46.0 Å². The highest BCUT2D eigenvalue weighted by Crippen LogP contribution is 2.65. The Kier molecular flexibility index (Phi) is 5.44. The minimum absolute atomic E-state index is 0.00396. The van der Waals surface area contributed by atoms with E-state index >= 15 is 0 Å². The molecule has 3 heterocycles. The molecule has 4 aromatic carbocycles. The summed E-state index contributed by atoms with van der Waals surface area (Å²) in [5.41, 5.74) is 1.96. The molecular weight excluding hydrogens is 580 g/mol. The molecule has 0 bridgehead atoms. The van der Waals surface area contributed by atoms with Gasteiger partial charge in [-0.05, 0) is 49.2 Å². The second kappa shape index (κ2) is 9.12. The summed E-state index contributed by atoms with van der Waals surface area (Å²) >= 11 is 0. The van der Waals surface area contributed by atoms with Gasteiger partial charge in [0.05, 0.1) is 17.0 Å². The molecule has 1 aromatic heterocycles. The van der Waals surface area contributed by atoms with Crippen molar-refractivity contribution in [1.29, 1.82) is 0 Å². The van der Waals surface area contributed by atoms with Gasteiger partial charge in [-0.2, -0.15) is 0 Å². The van der Waals surface area contributed by atoms with E-state index in [0.717, 1.165) is 17.2 Å². The smallest absolute Gasteiger partial charge is 0.285 e. The molecule has 226 valence electrons. The SMILES string of the molecule is CC1=C[C@@H]2c3c(cc4oc(-c5ccc(O)cc5O)cc(=O)c4c3O)O[C@]3(c4ccc(O)cc4O)Oc4cc(O)ccc4[C@@H](C1)[C@H]23. The third kappa shape index (κ3) is 3.78. The Morgan fingerprint density at radius 3 is 2.22 bits per heavy atom. The van der Waals surface area contributed by atoms with Crippen LogP contribution in [0.4, 0.5) is 0 Å². The van der Waals surface area contributed by atoms with E-state index in [2.05, 4.69) is 0 Å². The van der Waals surface area contributed by atoms with E-state index in [0.29, 0.717) is 17.7 Å². The Morgan fingerprint density at radius 2 is 1.47 bits per heavy atom. The molecule has 5 aromatic rings. The second-order valence-electron chi connectivity index (χ2n) is 11.9. The third-order valence-electron chi connectivity index (χ3n) is 9.12. The van der Waals surface area contributed by atoms with Gasteiger partial charge < -0.3 is 44.5 Å². The lowest BCUT2D eigenvalue weighted by Gasteiger charge is -2.55. The Balaban J connectivity index is 1.42. The van der Waals surface area contributed by atoms with Crippen LogP contribution in [0, 0.1) is 5.92 Å². The van der Waals surface area contributed by atoms with Crippen molar-refractivity contribution >= 4 is 11.0 Å². The van der Waals surface area contributed by atoms with Crippen LogP contribution in [-0.2, 0) is 5.79 Å². The standard InChI is InChI=1S/C35H26O10/c1-15-8-21-19-5-2-18(38)12-28(19)44-35(23-7-4-17(37)11-25(23)40)33(21)22(9-15)31-30(45-35)14-29-32(34(31)42)26(41)13-27(43-29)20-6-3-16(36)10-24(20)39/h2-7,9-14,21-22,33,36-40,42H,8H2,1H3/t21-,22-,33-,35+/m1/s1.